The minimum Gasteiger partial charge on any atom is -0.373 e. The van der Waals surface area contributed by atoms with Crippen molar-refractivity contribution in [1.29, 1.82) is 0 Å². The van der Waals surface area contributed by atoms with Crippen molar-refractivity contribution >= 4 is 11.7 Å². The van der Waals surface area contributed by atoms with Crippen LogP contribution in [0.5, 0.6) is 0 Å². The lowest BCUT2D eigenvalue weighted by Gasteiger charge is -2.28. The molecule has 0 bridgehead atoms. The Morgan fingerprint density at radius 3 is 2.47 bits per heavy atom. The number of rotatable bonds is 3. The third kappa shape index (κ3) is 2.51. The first-order valence-electron chi connectivity index (χ1n) is 6.48. The lowest BCUT2D eigenvalue weighted by molar-refractivity contribution is -0.122. The normalized spacial score (nSPS) is 26.5. The van der Waals surface area contributed by atoms with E-state index in [1.165, 1.54) is 32.1 Å². The fourth-order valence-corrected chi connectivity index (χ4v) is 2.75. The Bertz CT molecular complexity index is 330. The van der Waals surface area contributed by atoms with Crippen LogP contribution in [-0.2, 0) is 9.53 Å². The van der Waals surface area contributed by atoms with Crippen molar-refractivity contribution in [2.75, 3.05) is 7.11 Å². The zero-order valence-corrected chi connectivity index (χ0v) is 11.0. The number of carbonyl (C=O) groups is 1. The summed E-state index contributed by atoms with van der Waals surface area (Å²) in [7, 11) is 1.71. The van der Waals surface area contributed by atoms with Crippen molar-refractivity contribution in [3.8, 4) is 0 Å². The van der Waals surface area contributed by atoms with Gasteiger partial charge < -0.3 is 10.1 Å². The van der Waals surface area contributed by atoms with E-state index in [0.717, 1.165) is 5.84 Å². The van der Waals surface area contributed by atoms with E-state index in [0.29, 0.717) is 5.92 Å². The minimum atomic E-state index is -0.638. The van der Waals surface area contributed by atoms with Crippen LogP contribution in [0.1, 0.15) is 46.0 Å². The molecular weight excluding hydrogens is 216 g/mol. The highest BCUT2D eigenvalue weighted by molar-refractivity contribution is 6.09. The van der Waals surface area contributed by atoms with Gasteiger partial charge in [0.05, 0.1) is 0 Å². The summed E-state index contributed by atoms with van der Waals surface area (Å²) in [5.74, 6) is 1.21. The van der Waals surface area contributed by atoms with Crippen molar-refractivity contribution in [2.45, 2.75) is 57.6 Å². The maximum Gasteiger partial charge on any atom is 0.252 e. The molecule has 1 aliphatic heterocycles. The molecule has 1 atom stereocenters. The number of nitrogens with zero attached hydrogens (tertiary/aromatic N) is 1. The molecule has 0 radical (unpaired) electrons. The first kappa shape index (κ1) is 12.6. The van der Waals surface area contributed by atoms with Crippen LogP contribution in [-0.4, -0.2) is 30.5 Å². The van der Waals surface area contributed by atoms with Gasteiger partial charge in [-0.1, -0.05) is 19.3 Å². The number of amidine groups is 1. The predicted octanol–water partition coefficient (Wildman–Crippen LogP) is 1.89. The summed E-state index contributed by atoms with van der Waals surface area (Å²) >= 11 is 0. The van der Waals surface area contributed by atoms with Gasteiger partial charge in [0.15, 0.2) is 0 Å². The quantitative estimate of drug-likeness (QED) is 0.816. The molecule has 1 aliphatic carbocycles. The molecular formula is C13H22N2O2. The van der Waals surface area contributed by atoms with Crippen LogP contribution in [0.4, 0.5) is 0 Å². The zero-order valence-electron chi connectivity index (χ0n) is 11.0. The Labute approximate surface area is 103 Å². The molecule has 0 aromatic heterocycles. The van der Waals surface area contributed by atoms with Gasteiger partial charge >= 0.3 is 0 Å². The van der Waals surface area contributed by atoms with E-state index in [1.807, 2.05) is 13.8 Å². The van der Waals surface area contributed by atoms with Crippen molar-refractivity contribution in [2.24, 2.45) is 10.9 Å². The molecule has 2 rings (SSSR count). The molecule has 17 heavy (non-hydrogen) atoms. The molecule has 0 aromatic carbocycles. The van der Waals surface area contributed by atoms with Crippen molar-refractivity contribution < 1.29 is 9.53 Å². The fraction of sp³-hybridized carbons (Fsp3) is 0.846. The topological polar surface area (TPSA) is 50.7 Å². The second kappa shape index (κ2) is 4.77. The molecule has 0 aromatic rings. The average Bonchev–Trinajstić information content (AvgIpc) is 2.56. The number of carbonyl (C=O) groups excluding carboxylic acids is 1. The minimum absolute atomic E-state index is 0.0228. The van der Waals surface area contributed by atoms with E-state index in [1.54, 1.807) is 7.11 Å². The molecule has 2 aliphatic rings. The molecule has 4 heteroatoms. The highest BCUT2D eigenvalue weighted by atomic mass is 16.5. The number of aliphatic imine (C=N–C) groups is 1. The van der Waals surface area contributed by atoms with Crippen LogP contribution in [0.25, 0.3) is 0 Å². The van der Waals surface area contributed by atoms with Gasteiger partial charge in [0, 0.05) is 7.11 Å². The molecule has 0 saturated heterocycles. The maximum atomic E-state index is 11.7. The van der Waals surface area contributed by atoms with Gasteiger partial charge in [0.2, 0.25) is 0 Å². The van der Waals surface area contributed by atoms with Crippen LogP contribution in [0, 0.1) is 5.92 Å². The molecule has 1 unspecified atom stereocenters. The van der Waals surface area contributed by atoms with Gasteiger partial charge in [-0.2, -0.15) is 0 Å². The summed E-state index contributed by atoms with van der Waals surface area (Å²) < 4.78 is 5.57. The van der Waals surface area contributed by atoms with Crippen molar-refractivity contribution in [1.82, 2.24) is 5.32 Å². The molecule has 4 nitrogen and oxygen atoms in total. The Hall–Kier alpha value is -0.900. The van der Waals surface area contributed by atoms with Crippen LogP contribution < -0.4 is 5.32 Å². The summed E-state index contributed by atoms with van der Waals surface area (Å²) in [6, 6.07) is 0. The van der Waals surface area contributed by atoms with E-state index in [2.05, 4.69) is 10.3 Å². The Balaban J connectivity index is 2.11. The van der Waals surface area contributed by atoms with Gasteiger partial charge in [-0.15, -0.1) is 0 Å². The lowest BCUT2D eigenvalue weighted by Crippen LogP contribution is -2.42. The van der Waals surface area contributed by atoms with Crippen molar-refractivity contribution in [3.63, 3.8) is 0 Å². The second-order valence-corrected chi connectivity index (χ2v) is 5.56. The first-order valence-corrected chi connectivity index (χ1v) is 6.48. The van der Waals surface area contributed by atoms with Crippen LogP contribution in [0.15, 0.2) is 4.99 Å². The van der Waals surface area contributed by atoms with Crippen molar-refractivity contribution in [3.05, 3.63) is 0 Å². The maximum absolute atomic E-state index is 11.7. The predicted molar refractivity (Wildman–Crippen MR) is 67.0 cm³/mol. The van der Waals surface area contributed by atoms with Crippen LogP contribution in [0.2, 0.25) is 0 Å². The number of nitrogens with one attached hydrogen (secondary N) is 1. The summed E-state index contributed by atoms with van der Waals surface area (Å²) in [6.07, 6.45) is 6.14. The van der Waals surface area contributed by atoms with E-state index in [9.17, 15) is 4.79 Å². The van der Waals surface area contributed by atoms with Gasteiger partial charge in [-0.25, -0.2) is 0 Å². The SMILES string of the molecule is COC(C1=NC(C)(C)C(=O)N1)C1CCCCC1. The number of amides is 1. The Morgan fingerprint density at radius 1 is 1.35 bits per heavy atom. The largest absolute Gasteiger partial charge is 0.373 e. The van der Waals surface area contributed by atoms with E-state index >= 15 is 0 Å². The summed E-state index contributed by atoms with van der Waals surface area (Å²) in [6.45, 7) is 3.67. The van der Waals surface area contributed by atoms with Gasteiger partial charge in [-0.3, -0.25) is 9.79 Å². The summed E-state index contributed by atoms with van der Waals surface area (Å²) in [5.41, 5.74) is -0.638. The lowest BCUT2D eigenvalue weighted by atomic mass is 9.84. The average molecular weight is 238 g/mol. The molecule has 0 spiro atoms. The highest BCUT2D eigenvalue weighted by Crippen LogP contribution is 2.30. The number of methoxy groups -OCH3 is 1. The van der Waals surface area contributed by atoms with Crippen LogP contribution >= 0.6 is 0 Å². The molecule has 1 heterocycles. The summed E-state index contributed by atoms with van der Waals surface area (Å²) in [4.78, 5) is 16.2. The first-order chi connectivity index (χ1) is 8.04. The Kier molecular flexibility index (Phi) is 3.52. The number of hydrogen-bond donors (Lipinski definition) is 1. The molecule has 96 valence electrons. The monoisotopic (exact) mass is 238 g/mol. The Morgan fingerprint density at radius 2 is 2.00 bits per heavy atom. The van der Waals surface area contributed by atoms with E-state index in [-0.39, 0.29) is 12.0 Å². The smallest absolute Gasteiger partial charge is 0.252 e. The number of ether oxygens (including phenoxy) is 1. The highest BCUT2D eigenvalue weighted by Gasteiger charge is 2.39. The third-order valence-electron chi connectivity index (χ3n) is 3.80. The van der Waals surface area contributed by atoms with Crippen LogP contribution in [0.3, 0.4) is 0 Å². The van der Waals surface area contributed by atoms with Gasteiger partial charge in [0.1, 0.15) is 17.5 Å². The standard InChI is InChI=1S/C13H22N2O2/c1-13(2)12(16)14-11(15-13)10(17-3)9-7-5-4-6-8-9/h9-10H,4-8H2,1-3H3,(H,14,15,16). The van der Waals surface area contributed by atoms with E-state index < -0.39 is 5.54 Å². The van der Waals surface area contributed by atoms with Gasteiger partial charge in [0.25, 0.3) is 5.91 Å². The molecule has 1 saturated carbocycles. The van der Waals surface area contributed by atoms with E-state index in [4.69, 9.17) is 4.74 Å². The molecule has 1 amide bonds. The zero-order chi connectivity index (χ0) is 12.5. The fourth-order valence-electron chi connectivity index (χ4n) is 2.75. The third-order valence-corrected chi connectivity index (χ3v) is 3.80. The molecule has 1 N–H and O–H groups in total. The molecule has 1 fully saturated rings. The second-order valence-electron chi connectivity index (χ2n) is 5.56. The van der Waals surface area contributed by atoms with Gasteiger partial charge in [-0.05, 0) is 32.6 Å². The number of hydrogen-bond acceptors (Lipinski definition) is 3. The summed E-state index contributed by atoms with van der Waals surface area (Å²) in [5, 5.41) is 2.88.